The highest BCUT2D eigenvalue weighted by molar-refractivity contribution is 7.16. The Balaban J connectivity index is 1.21. The van der Waals surface area contributed by atoms with Crippen LogP contribution in [0.3, 0.4) is 0 Å². The highest BCUT2D eigenvalue weighted by Crippen LogP contribution is 2.45. The van der Waals surface area contributed by atoms with Gasteiger partial charge in [0.1, 0.15) is 5.52 Å². The smallest absolute Gasteiger partial charge is 0.231 e. The Bertz CT molecular complexity index is 2450. The van der Waals surface area contributed by atoms with E-state index in [0.717, 1.165) is 60.7 Å². The molecule has 228 valence electrons. The number of hydrazone groups is 1. The fourth-order valence-corrected chi connectivity index (χ4v) is 7.78. The molecule has 7 aromatic rings. The summed E-state index contributed by atoms with van der Waals surface area (Å²) < 4.78 is 3.79. The number of para-hydroxylation sites is 3. The monoisotopic (exact) mass is 651 g/mol. The number of aromatic nitrogens is 6. The standard InChI is InChI=1S/C35H25N9OS2/c1-21-32(34(42(39-21)24-11-3-2-4-12-24)43-28-15-8-7-14-26(28)38-41-43)29-20-27(30-16-9-17-46-30)40-44(29)35-37-33(45)31(47-35)19-23-18-22-10-5-6-13-25(22)36-23/h2-19,29,45H,20H2,1H3. The average Bonchev–Trinajstić information content (AvgIpc) is 3.94. The summed E-state index contributed by atoms with van der Waals surface area (Å²) in [6, 6.07) is 29.7. The average molecular weight is 652 g/mol. The number of allylic oxidation sites excluding steroid dienone is 1. The molecule has 9 rings (SSSR count). The van der Waals surface area contributed by atoms with E-state index in [1.54, 1.807) is 11.3 Å². The molecule has 0 fully saturated rings. The summed E-state index contributed by atoms with van der Waals surface area (Å²) in [5.41, 5.74) is 6.04. The first-order valence-corrected chi connectivity index (χ1v) is 16.7. The van der Waals surface area contributed by atoms with Gasteiger partial charge in [0.15, 0.2) is 5.82 Å². The zero-order valence-electron chi connectivity index (χ0n) is 25.0. The van der Waals surface area contributed by atoms with Gasteiger partial charge in [0, 0.05) is 17.2 Å². The zero-order valence-corrected chi connectivity index (χ0v) is 26.6. The largest absolute Gasteiger partial charge is 0.492 e. The molecular formula is C35H25N9OS2. The van der Waals surface area contributed by atoms with Crippen LogP contribution in [0.5, 0.6) is 5.88 Å². The van der Waals surface area contributed by atoms with Gasteiger partial charge in [0.05, 0.1) is 49.5 Å². The quantitative estimate of drug-likeness (QED) is 0.238. The fourth-order valence-electron chi connectivity index (χ4n) is 6.15. The Hall–Kier alpha value is -5.72. The molecule has 0 bridgehead atoms. The van der Waals surface area contributed by atoms with Crippen molar-refractivity contribution in [2.24, 2.45) is 10.1 Å². The van der Waals surface area contributed by atoms with Crippen molar-refractivity contribution in [3.63, 3.8) is 0 Å². The molecule has 4 aromatic heterocycles. The van der Waals surface area contributed by atoms with E-state index in [-0.39, 0.29) is 11.9 Å². The number of thiophene rings is 1. The van der Waals surface area contributed by atoms with Crippen LogP contribution in [0, 0.1) is 6.92 Å². The first-order valence-electron chi connectivity index (χ1n) is 15.0. The molecule has 2 aliphatic rings. The number of benzene rings is 3. The van der Waals surface area contributed by atoms with Gasteiger partial charge in [-0.1, -0.05) is 71.1 Å². The molecular weight excluding hydrogens is 627 g/mol. The molecule has 1 atom stereocenters. The van der Waals surface area contributed by atoms with Crippen molar-refractivity contribution in [1.82, 2.24) is 29.8 Å². The van der Waals surface area contributed by atoms with E-state index in [1.807, 2.05) is 118 Å². The Morgan fingerprint density at radius 3 is 2.60 bits per heavy atom. The molecule has 6 heterocycles. The van der Waals surface area contributed by atoms with Crippen molar-refractivity contribution in [2.45, 2.75) is 19.4 Å². The van der Waals surface area contributed by atoms with Gasteiger partial charge in [-0.3, -0.25) is 0 Å². The number of aryl methyl sites for hydroxylation is 1. The summed E-state index contributed by atoms with van der Waals surface area (Å²) in [6.45, 7) is 2.02. The SMILES string of the molecule is Cc1nn(-c2ccccc2)c(-n2nnc3ccccc32)c1C1CC(c2cccs2)=NN1c1nc(O)c(C=C2C=c3ccccc3=N2)s1. The van der Waals surface area contributed by atoms with E-state index in [0.29, 0.717) is 16.4 Å². The molecule has 1 unspecified atom stereocenters. The van der Waals surface area contributed by atoms with Crippen LogP contribution in [0.4, 0.5) is 5.13 Å². The first-order chi connectivity index (χ1) is 23.1. The van der Waals surface area contributed by atoms with Crippen molar-refractivity contribution >= 4 is 56.7 Å². The van der Waals surface area contributed by atoms with Gasteiger partial charge in [-0.05, 0) is 60.9 Å². The molecule has 3 aromatic carbocycles. The second kappa shape index (κ2) is 11.0. The van der Waals surface area contributed by atoms with Crippen LogP contribution in [0.1, 0.15) is 33.5 Å². The van der Waals surface area contributed by atoms with Crippen LogP contribution in [-0.2, 0) is 0 Å². The van der Waals surface area contributed by atoms with E-state index in [4.69, 9.17) is 15.2 Å². The van der Waals surface area contributed by atoms with Crippen molar-refractivity contribution in [2.75, 3.05) is 5.01 Å². The van der Waals surface area contributed by atoms with Crippen molar-refractivity contribution < 1.29 is 5.11 Å². The lowest BCUT2D eigenvalue weighted by Crippen LogP contribution is -2.21. The number of anilines is 1. The van der Waals surface area contributed by atoms with Gasteiger partial charge in [-0.15, -0.1) is 16.4 Å². The van der Waals surface area contributed by atoms with Crippen LogP contribution in [0.2, 0.25) is 0 Å². The number of fused-ring (bicyclic) bond motifs is 2. The van der Waals surface area contributed by atoms with Gasteiger partial charge < -0.3 is 5.11 Å². The fraction of sp³-hybridized carbons (Fsp3) is 0.0857. The van der Waals surface area contributed by atoms with Crippen LogP contribution in [0.15, 0.2) is 112 Å². The maximum Gasteiger partial charge on any atom is 0.231 e. The Kier molecular flexibility index (Phi) is 6.44. The lowest BCUT2D eigenvalue weighted by Gasteiger charge is -2.22. The Morgan fingerprint density at radius 1 is 0.915 bits per heavy atom. The van der Waals surface area contributed by atoms with Crippen LogP contribution in [-0.4, -0.2) is 40.6 Å². The molecule has 0 amide bonds. The molecule has 0 saturated carbocycles. The van der Waals surface area contributed by atoms with Gasteiger partial charge in [0.25, 0.3) is 0 Å². The van der Waals surface area contributed by atoms with E-state index >= 15 is 0 Å². The Labute approximate surface area is 276 Å². The summed E-state index contributed by atoms with van der Waals surface area (Å²) in [4.78, 5) is 11.1. The minimum Gasteiger partial charge on any atom is -0.492 e. The van der Waals surface area contributed by atoms with E-state index in [1.165, 1.54) is 11.3 Å². The predicted octanol–water partition coefficient (Wildman–Crippen LogP) is 5.95. The third-order valence-corrected chi connectivity index (χ3v) is 10.2. The summed E-state index contributed by atoms with van der Waals surface area (Å²) in [6.07, 6.45) is 4.49. The second-order valence-electron chi connectivity index (χ2n) is 11.2. The maximum atomic E-state index is 11.1. The molecule has 12 heteroatoms. The second-order valence-corrected chi connectivity index (χ2v) is 13.2. The molecule has 0 radical (unpaired) electrons. The van der Waals surface area contributed by atoms with Crippen LogP contribution in [0.25, 0.3) is 34.7 Å². The normalized spacial score (nSPS) is 16.4. The number of hydrogen-bond acceptors (Lipinski definition) is 10. The minimum atomic E-state index is -0.291. The summed E-state index contributed by atoms with van der Waals surface area (Å²) in [7, 11) is 0. The summed E-state index contributed by atoms with van der Waals surface area (Å²) >= 11 is 3.03. The summed E-state index contributed by atoms with van der Waals surface area (Å²) in [5, 5.41) is 36.9. The van der Waals surface area contributed by atoms with Crippen LogP contribution < -0.4 is 15.6 Å². The van der Waals surface area contributed by atoms with Crippen LogP contribution >= 0.6 is 22.7 Å². The first kappa shape index (κ1) is 27.6. The molecule has 2 aliphatic heterocycles. The van der Waals surface area contributed by atoms with Gasteiger partial charge in [-0.2, -0.15) is 19.9 Å². The third kappa shape index (κ3) is 4.68. The molecule has 10 nitrogen and oxygen atoms in total. The maximum absolute atomic E-state index is 11.1. The van der Waals surface area contributed by atoms with Crippen molar-refractivity contribution in [3.05, 3.63) is 134 Å². The van der Waals surface area contributed by atoms with Crippen molar-refractivity contribution in [3.8, 4) is 17.4 Å². The number of nitrogens with zero attached hydrogens (tertiary/aromatic N) is 9. The van der Waals surface area contributed by atoms with Crippen molar-refractivity contribution in [1.29, 1.82) is 0 Å². The lowest BCUT2D eigenvalue weighted by atomic mass is 10.0. The minimum absolute atomic E-state index is 0.0604. The zero-order chi connectivity index (χ0) is 31.5. The summed E-state index contributed by atoms with van der Waals surface area (Å²) in [5.74, 6) is 0.718. The third-order valence-electron chi connectivity index (χ3n) is 8.27. The van der Waals surface area contributed by atoms with E-state index in [2.05, 4.69) is 26.7 Å². The predicted molar refractivity (Wildman–Crippen MR) is 185 cm³/mol. The lowest BCUT2D eigenvalue weighted by molar-refractivity contribution is 0.455. The van der Waals surface area contributed by atoms with Gasteiger partial charge in [0.2, 0.25) is 11.0 Å². The molecule has 0 saturated heterocycles. The van der Waals surface area contributed by atoms with E-state index in [9.17, 15) is 5.11 Å². The molecule has 0 spiro atoms. The number of hydrogen-bond donors (Lipinski definition) is 1. The number of thiazole rings is 1. The molecule has 47 heavy (non-hydrogen) atoms. The Morgan fingerprint density at radius 2 is 1.74 bits per heavy atom. The van der Waals surface area contributed by atoms with E-state index < -0.39 is 0 Å². The number of rotatable bonds is 6. The van der Waals surface area contributed by atoms with Gasteiger partial charge in [-0.25, -0.2) is 14.7 Å². The molecule has 0 aliphatic carbocycles. The number of aromatic hydroxyl groups is 1. The highest BCUT2D eigenvalue weighted by Gasteiger charge is 2.38. The topological polar surface area (TPSA) is 110 Å². The molecule has 1 N–H and O–H groups in total. The van der Waals surface area contributed by atoms with Gasteiger partial charge >= 0.3 is 0 Å². The highest BCUT2D eigenvalue weighted by atomic mass is 32.1.